The van der Waals surface area contributed by atoms with Crippen molar-refractivity contribution in [3.8, 4) is 0 Å². The molecule has 1 aromatic rings. The predicted octanol–water partition coefficient (Wildman–Crippen LogP) is 2.45. The minimum absolute atomic E-state index is 0.318. The Morgan fingerprint density at radius 3 is 2.65 bits per heavy atom. The van der Waals surface area contributed by atoms with E-state index < -0.39 is 18.2 Å². The second-order valence-corrected chi connectivity index (χ2v) is 5.10. The van der Waals surface area contributed by atoms with Crippen LogP contribution in [-0.2, 0) is 14.3 Å². The summed E-state index contributed by atoms with van der Waals surface area (Å²) < 4.78 is 10.4. The minimum Gasteiger partial charge on any atom is -0.469 e. The second kappa shape index (κ2) is 7.73. The number of urea groups is 1. The quantitative estimate of drug-likeness (QED) is 0.864. The number of hydrogen-bond acceptors (Lipinski definition) is 5. The Bertz CT molecular complexity index is 588. The molecule has 2 amide bonds. The van der Waals surface area contributed by atoms with Gasteiger partial charge in [0.15, 0.2) is 6.23 Å². The number of benzene rings is 1. The molecule has 23 heavy (non-hydrogen) atoms. The van der Waals surface area contributed by atoms with Crippen molar-refractivity contribution in [1.82, 2.24) is 5.01 Å². The fourth-order valence-electron chi connectivity index (χ4n) is 2.39. The lowest BCUT2D eigenvalue weighted by atomic mass is 9.98. The summed E-state index contributed by atoms with van der Waals surface area (Å²) in [5.41, 5.74) is 1.19. The summed E-state index contributed by atoms with van der Waals surface area (Å²) >= 11 is 0. The molecule has 0 aliphatic carbocycles. The zero-order chi connectivity index (χ0) is 16.8. The fraction of sp³-hybridized carbons (Fsp3) is 0.438. The maximum Gasteiger partial charge on any atom is 0.344 e. The molecule has 1 heterocycles. The van der Waals surface area contributed by atoms with Gasteiger partial charge in [-0.2, -0.15) is 10.1 Å². The Morgan fingerprint density at radius 2 is 2.04 bits per heavy atom. The first-order chi connectivity index (χ1) is 11.1. The number of hydrazone groups is 1. The van der Waals surface area contributed by atoms with E-state index >= 15 is 0 Å². The number of esters is 1. The monoisotopic (exact) mass is 319 g/mol. The van der Waals surface area contributed by atoms with Crippen LogP contribution < -0.4 is 5.32 Å². The van der Waals surface area contributed by atoms with Crippen LogP contribution >= 0.6 is 0 Å². The van der Waals surface area contributed by atoms with E-state index in [0.717, 1.165) is 0 Å². The molecule has 1 aliphatic rings. The van der Waals surface area contributed by atoms with Crippen molar-refractivity contribution < 1.29 is 19.1 Å². The molecule has 0 fully saturated rings. The van der Waals surface area contributed by atoms with E-state index in [-0.39, 0.29) is 5.97 Å². The summed E-state index contributed by atoms with van der Waals surface area (Å²) in [5.74, 6) is -0.878. The standard InChI is InChI=1S/C16H21N3O4/c1-4-23-14-10-13(15(20)22-3)11(2)18-19(14)16(21)17-12-8-6-5-7-9-12/h5-9,13-14H,4,10H2,1-3H3,(H,17,21)/t13-,14-/m0/s1. The average molecular weight is 319 g/mol. The van der Waals surface area contributed by atoms with Crippen LogP contribution in [0.15, 0.2) is 35.4 Å². The molecule has 2 atom stereocenters. The molecule has 1 N–H and O–H groups in total. The number of carbonyl (C=O) groups excluding carboxylic acids is 2. The molecule has 1 aliphatic heterocycles. The fourth-order valence-corrected chi connectivity index (χ4v) is 2.39. The maximum atomic E-state index is 12.5. The van der Waals surface area contributed by atoms with Gasteiger partial charge in [-0.05, 0) is 26.0 Å². The highest BCUT2D eigenvalue weighted by Gasteiger charge is 2.37. The van der Waals surface area contributed by atoms with Crippen molar-refractivity contribution in [3.05, 3.63) is 30.3 Å². The Morgan fingerprint density at radius 1 is 1.35 bits per heavy atom. The molecule has 0 spiro atoms. The molecule has 0 bridgehead atoms. The van der Waals surface area contributed by atoms with Gasteiger partial charge in [-0.15, -0.1) is 0 Å². The molecular weight excluding hydrogens is 298 g/mol. The van der Waals surface area contributed by atoms with E-state index in [2.05, 4.69) is 10.4 Å². The van der Waals surface area contributed by atoms with Crippen LogP contribution in [0.1, 0.15) is 20.3 Å². The van der Waals surface area contributed by atoms with Gasteiger partial charge in [0.25, 0.3) is 0 Å². The molecule has 1 aromatic carbocycles. The van der Waals surface area contributed by atoms with Crippen molar-refractivity contribution in [2.24, 2.45) is 11.0 Å². The Labute approximate surface area is 135 Å². The van der Waals surface area contributed by atoms with Crippen molar-refractivity contribution in [1.29, 1.82) is 0 Å². The highest BCUT2D eigenvalue weighted by atomic mass is 16.5. The van der Waals surface area contributed by atoms with Gasteiger partial charge in [0, 0.05) is 18.7 Å². The van der Waals surface area contributed by atoms with Gasteiger partial charge < -0.3 is 14.8 Å². The van der Waals surface area contributed by atoms with Crippen LogP contribution in [0.5, 0.6) is 0 Å². The van der Waals surface area contributed by atoms with Crippen molar-refractivity contribution in [3.63, 3.8) is 0 Å². The topological polar surface area (TPSA) is 80.2 Å². The molecule has 0 saturated carbocycles. The summed E-state index contributed by atoms with van der Waals surface area (Å²) in [6.07, 6.45) is -0.297. The summed E-state index contributed by atoms with van der Waals surface area (Å²) in [6.45, 7) is 3.93. The van der Waals surface area contributed by atoms with Crippen LogP contribution in [0.4, 0.5) is 10.5 Å². The Hall–Kier alpha value is -2.41. The van der Waals surface area contributed by atoms with E-state index in [1.807, 2.05) is 25.1 Å². The zero-order valence-corrected chi connectivity index (χ0v) is 13.5. The number of nitrogens with one attached hydrogen (secondary N) is 1. The summed E-state index contributed by atoms with van der Waals surface area (Å²) in [5, 5.41) is 8.24. The maximum absolute atomic E-state index is 12.5. The van der Waals surface area contributed by atoms with E-state index in [4.69, 9.17) is 9.47 Å². The summed E-state index contributed by atoms with van der Waals surface area (Å²) in [6, 6.07) is 8.68. The lowest BCUT2D eigenvalue weighted by molar-refractivity contribution is -0.146. The summed E-state index contributed by atoms with van der Waals surface area (Å²) in [4.78, 5) is 24.3. The number of hydrogen-bond donors (Lipinski definition) is 1. The first kappa shape index (κ1) is 17.0. The molecule has 0 radical (unpaired) electrons. The van der Waals surface area contributed by atoms with Gasteiger partial charge in [-0.1, -0.05) is 18.2 Å². The van der Waals surface area contributed by atoms with Crippen molar-refractivity contribution in [2.75, 3.05) is 19.0 Å². The number of rotatable bonds is 4. The van der Waals surface area contributed by atoms with Gasteiger partial charge >= 0.3 is 12.0 Å². The number of amides is 2. The number of methoxy groups -OCH3 is 1. The molecule has 0 saturated heterocycles. The summed E-state index contributed by atoms with van der Waals surface area (Å²) in [7, 11) is 1.33. The highest BCUT2D eigenvalue weighted by Crippen LogP contribution is 2.24. The molecule has 7 nitrogen and oxygen atoms in total. The van der Waals surface area contributed by atoms with Gasteiger partial charge in [0.1, 0.15) is 5.92 Å². The number of nitrogens with zero attached hydrogens (tertiary/aromatic N) is 2. The third kappa shape index (κ3) is 4.07. The van der Waals surface area contributed by atoms with Gasteiger partial charge in [-0.25, -0.2) is 4.79 Å². The average Bonchev–Trinajstić information content (AvgIpc) is 2.56. The normalized spacial score (nSPS) is 20.7. The number of carbonyl (C=O) groups is 2. The highest BCUT2D eigenvalue weighted by molar-refractivity contribution is 6.02. The first-order valence-corrected chi connectivity index (χ1v) is 7.46. The smallest absolute Gasteiger partial charge is 0.344 e. The third-order valence-corrected chi connectivity index (χ3v) is 3.56. The van der Waals surface area contributed by atoms with Crippen molar-refractivity contribution in [2.45, 2.75) is 26.5 Å². The predicted molar refractivity (Wildman–Crippen MR) is 85.9 cm³/mol. The SMILES string of the molecule is CCO[C@H]1C[C@H](C(=O)OC)C(C)=NN1C(=O)Nc1ccccc1. The third-order valence-electron chi connectivity index (χ3n) is 3.56. The molecule has 2 rings (SSSR count). The minimum atomic E-state index is -0.614. The molecule has 0 unspecified atom stereocenters. The second-order valence-electron chi connectivity index (χ2n) is 5.10. The van der Waals surface area contributed by atoms with Crippen LogP contribution in [0, 0.1) is 5.92 Å². The van der Waals surface area contributed by atoms with E-state index in [0.29, 0.717) is 24.4 Å². The van der Waals surface area contributed by atoms with Crippen LogP contribution in [0.25, 0.3) is 0 Å². The lowest BCUT2D eigenvalue weighted by Crippen LogP contribution is -2.48. The van der Waals surface area contributed by atoms with Crippen LogP contribution in [0.3, 0.4) is 0 Å². The molecule has 124 valence electrons. The molecule has 0 aromatic heterocycles. The van der Waals surface area contributed by atoms with E-state index in [1.165, 1.54) is 12.1 Å². The largest absolute Gasteiger partial charge is 0.469 e. The Kier molecular flexibility index (Phi) is 5.70. The van der Waals surface area contributed by atoms with Gasteiger partial charge in [0.05, 0.1) is 12.8 Å². The molecular formula is C16H21N3O4. The van der Waals surface area contributed by atoms with Gasteiger partial charge in [0.2, 0.25) is 0 Å². The molecule has 7 heteroatoms. The number of ether oxygens (including phenoxy) is 2. The number of para-hydroxylation sites is 1. The van der Waals surface area contributed by atoms with Crippen LogP contribution in [0.2, 0.25) is 0 Å². The van der Waals surface area contributed by atoms with E-state index in [1.54, 1.807) is 19.1 Å². The lowest BCUT2D eigenvalue weighted by Gasteiger charge is -2.34. The zero-order valence-electron chi connectivity index (χ0n) is 13.5. The number of anilines is 1. The van der Waals surface area contributed by atoms with E-state index in [9.17, 15) is 9.59 Å². The first-order valence-electron chi connectivity index (χ1n) is 7.46. The van der Waals surface area contributed by atoms with Crippen LogP contribution in [-0.4, -0.2) is 42.7 Å². The van der Waals surface area contributed by atoms with Gasteiger partial charge in [-0.3, -0.25) is 4.79 Å². The Balaban J connectivity index is 2.19. The van der Waals surface area contributed by atoms with Crippen molar-refractivity contribution >= 4 is 23.4 Å².